The minimum atomic E-state index is -0.216. The van der Waals surface area contributed by atoms with E-state index in [-0.39, 0.29) is 12.8 Å². The van der Waals surface area contributed by atoms with E-state index in [1.165, 1.54) is 12.8 Å². The molecular formula is C14H28FNO. The van der Waals surface area contributed by atoms with Gasteiger partial charge in [-0.05, 0) is 32.7 Å². The summed E-state index contributed by atoms with van der Waals surface area (Å²) in [5.74, 6) is 0. The molecule has 0 saturated heterocycles. The van der Waals surface area contributed by atoms with Crippen molar-refractivity contribution in [1.82, 2.24) is 4.90 Å². The first-order valence-corrected chi connectivity index (χ1v) is 6.77. The van der Waals surface area contributed by atoms with Gasteiger partial charge in [0.25, 0.3) is 0 Å². The van der Waals surface area contributed by atoms with Crippen LogP contribution in [-0.2, 0) is 4.74 Å². The Bertz CT molecular complexity index is 168. The number of alkyl halides is 1. The summed E-state index contributed by atoms with van der Waals surface area (Å²) >= 11 is 0. The van der Waals surface area contributed by atoms with Gasteiger partial charge in [0, 0.05) is 19.7 Å². The molecule has 0 aromatic rings. The van der Waals surface area contributed by atoms with Crippen LogP contribution in [0.4, 0.5) is 4.39 Å². The van der Waals surface area contributed by atoms with Crippen molar-refractivity contribution in [3.8, 4) is 0 Å². The van der Waals surface area contributed by atoms with E-state index in [9.17, 15) is 4.39 Å². The third-order valence-electron chi connectivity index (χ3n) is 2.77. The smallest absolute Gasteiger partial charge is 0.0906 e. The number of rotatable bonds is 12. The fourth-order valence-corrected chi connectivity index (χ4v) is 1.63. The lowest BCUT2D eigenvalue weighted by atomic mass is 10.2. The molecule has 2 nitrogen and oxygen atoms in total. The average Bonchev–Trinajstić information content (AvgIpc) is 2.36. The van der Waals surface area contributed by atoms with E-state index in [2.05, 4.69) is 18.4 Å². The Hall–Kier alpha value is -0.410. The first-order chi connectivity index (χ1) is 8.24. The fraction of sp³-hybridized carbons (Fsp3) is 0.857. The summed E-state index contributed by atoms with van der Waals surface area (Å²) in [5.41, 5.74) is 0. The van der Waals surface area contributed by atoms with Gasteiger partial charge in [-0.3, -0.25) is 4.39 Å². The second kappa shape index (κ2) is 12.1. The highest BCUT2D eigenvalue weighted by Crippen LogP contribution is 2.00. The molecule has 0 aliphatic rings. The zero-order valence-electron chi connectivity index (χ0n) is 11.5. The highest BCUT2D eigenvalue weighted by molar-refractivity contribution is 4.75. The molecule has 0 aliphatic carbocycles. The second-order valence-electron chi connectivity index (χ2n) is 4.40. The van der Waals surface area contributed by atoms with Gasteiger partial charge >= 0.3 is 0 Å². The Morgan fingerprint density at radius 2 is 1.88 bits per heavy atom. The number of halogens is 1. The maximum Gasteiger partial charge on any atom is 0.0906 e. The van der Waals surface area contributed by atoms with Gasteiger partial charge in [0.1, 0.15) is 0 Å². The lowest BCUT2D eigenvalue weighted by Crippen LogP contribution is -2.28. The van der Waals surface area contributed by atoms with Gasteiger partial charge in [-0.15, -0.1) is 6.58 Å². The molecule has 3 heteroatoms. The molecule has 102 valence electrons. The van der Waals surface area contributed by atoms with E-state index >= 15 is 0 Å². The molecule has 0 heterocycles. The van der Waals surface area contributed by atoms with Gasteiger partial charge in [-0.25, -0.2) is 0 Å². The molecule has 0 aliphatic heterocycles. The molecule has 0 saturated carbocycles. The zero-order chi connectivity index (χ0) is 12.9. The van der Waals surface area contributed by atoms with Crippen molar-refractivity contribution in [3.05, 3.63) is 12.7 Å². The largest absolute Gasteiger partial charge is 0.374 e. The van der Waals surface area contributed by atoms with Crippen molar-refractivity contribution in [2.24, 2.45) is 0 Å². The van der Waals surface area contributed by atoms with Crippen LogP contribution in [0.3, 0.4) is 0 Å². The number of nitrogens with zero attached hydrogens (tertiary/aromatic N) is 1. The number of hydrogen-bond donors (Lipinski definition) is 0. The van der Waals surface area contributed by atoms with Crippen molar-refractivity contribution in [3.63, 3.8) is 0 Å². The predicted octanol–water partition coefficient (Wildman–Crippen LogP) is 3.43. The van der Waals surface area contributed by atoms with E-state index in [4.69, 9.17) is 4.74 Å². The third kappa shape index (κ3) is 10.5. The van der Waals surface area contributed by atoms with Crippen molar-refractivity contribution >= 4 is 0 Å². The lowest BCUT2D eigenvalue weighted by molar-refractivity contribution is 0.0872. The number of ether oxygens (including phenoxy) is 1. The molecule has 17 heavy (non-hydrogen) atoms. The van der Waals surface area contributed by atoms with Crippen LogP contribution >= 0.6 is 0 Å². The minimum absolute atomic E-state index is 0.130. The Kier molecular flexibility index (Phi) is 11.8. The first-order valence-electron chi connectivity index (χ1n) is 6.77. The van der Waals surface area contributed by atoms with Crippen LogP contribution in [0, 0.1) is 0 Å². The summed E-state index contributed by atoms with van der Waals surface area (Å²) in [6, 6.07) is 0. The van der Waals surface area contributed by atoms with Crippen molar-refractivity contribution in [2.45, 2.75) is 45.6 Å². The highest BCUT2D eigenvalue weighted by atomic mass is 19.1. The van der Waals surface area contributed by atoms with Crippen LogP contribution in [0.5, 0.6) is 0 Å². The second-order valence-corrected chi connectivity index (χ2v) is 4.40. The number of unbranched alkanes of at least 4 members (excludes halogenated alkanes) is 1. The molecule has 0 aromatic carbocycles. The summed E-state index contributed by atoms with van der Waals surface area (Å²) in [6.45, 7) is 11.3. The van der Waals surface area contributed by atoms with Gasteiger partial charge in [-0.2, -0.15) is 0 Å². The van der Waals surface area contributed by atoms with Crippen molar-refractivity contribution < 1.29 is 9.13 Å². The van der Waals surface area contributed by atoms with Crippen molar-refractivity contribution in [1.29, 1.82) is 0 Å². The summed E-state index contributed by atoms with van der Waals surface area (Å²) in [4.78, 5) is 2.34. The summed E-state index contributed by atoms with van der Waals surface area (Å²) in [5, 5.41) is 0. The average molecular weight is 245 g/mol. The SMILES string of the molecule is C=CC(C)OCCCN(CCCC)CCCF. The van der Waals surface area contributed by atoms with E-state index in [1.807, 2.05) is 6.92 Å². The Morgan fingerprint density at radius 3 is 2.47 bits per heavy atom. The molecule has 0 fully saturated rings. The fourth-order valence-electron chi connectivity index (χ4n) is 1.63. The third-order valence-corrected chi connectivity index (χ3v) is 2.77. The van der Waals surface area contributed by atoms with Gasteiger partial charge < -0.3 is 9.64 Å². The molecule has 0 aromatic heterocycles. The molecule has 1 unspecified atom stereocenters. The molecule has 0 radical (unpaired) electrons. The summed E-state index contributed by atoms with van der Waals surface area (Å²) in [7, 11) is 0. The standard InChI is InChI=1S/C14H28FNO/c1-4-6-10-16(11-7-9-15)12-8-13-17-14(3)5-2/h5,14H,2,4,6-13H2,1,3H3. The maximum atomic E-state index is 12.2. The molecule has 0 N–H and O–H groups in total. The van der Waals surface area contributed by atoms with Gasteiger partial charge in [0.05, 0.1) is 12.8 Å². The molecule has 0 bridgehead atoms. The minimum Gasteiger partial charge on any atom is -0.374 e. The van der Waals surface area contributed by atoms with Crippen LogP contribution in [0.25, 0.3) is 0 Å². The molecule has 0 amide bonds. The first kappa shape index (κ1) is 16.6. The van der Waals surface area contributed by atoms with E-state index in [0.29, 0.717) is 6.42 Å². The maximum absolute atomic E-state index is 12.2. The summed E-state index contributed by atoms with van der Waals surface area (Å²) < 4.78 is 17.7. The molecule has 0 spiro atoms. The topological polar surface area (TPSA) is 12.5 Å². The number of hydrogen-bond acceptors (Lipinski definition) is 2. The van der Waals surface area contributed by atoms with E-state index in [1.54, 1.807) is 6.08 Å². The molecule has 1 atom stereocenters. The molecule has 0 rings (SSSR count). The Labute approximate surface area is 106 Å². The van der Waals surface area contributed by atoms with Crippen LogP contribution < -0.4 is 0 Å². The van der Waals surface area contributed by atoms with Crippen LogP contribution in [0.15, 0.2) is 12.7 Å². The lowest BCUT2D eigenvalue weighted by Gasteiger charge is -2.21. The predicted molar refractivity (Wildman–Crippen MR) is 72.2 cm³/mol. The molecular weight excluding hydrogens is 217 g/mol. The Morgan fingerprint density at radius 1 is 1.24 bits per heavy atom. The van der Waals surface area contributed by atoms with Gasteiger partial charge in [0.2, 0.25) is 0 Å². The van der Waals surface area contributed by atoms with Crippen molar-refractivity contribution in [2.75, 3.05) is 32.9 Å². The van der Waals surface area contributed by atoms with Gasteiger partial charge in [0.15, 0.2) is 0 Å². The van der Waals surface area contributed by atoms with E-state index in [0.717, 1.165) is 32.7 Å². The highest BCUT2D eigenvalue weighted by Gasteiger charge is 2.04. The summed E-state index contributed by atoms with van der Waals surface area (Å²) in [6.07, 6.45) is 5.97. The Balaban J connectivity index is 3.62. The quantitative estimate of drug-likeness (QED) is 0.386. The zero-order valence-corrected chi connectivity index (χ0v) is 11.5. The van der Waals surface area contributed by atoms with Crippen LogP contribution in [0.2, 0.25) is 0 Å². The van der Waals surface area contributed by atoms with Gasteiger partial charge in [-0.1, -0.05) is 19.4 Å². The van der Waals surface area contributed by atoms with Crippen LogP contribution in [-0.4, -0.2) is 43.9 Å². The van der Waals surface area contributed by atoms with E-state index < -0.39 is 0 Å². The normalized spacial score (nSPS) is 12.9. The monoisotopic (exact) mass is 245 g/mol. The van der Waals surface area contributed by atoms with Crippen LogP contribution in [0.1, 0.15) is 39.5 Å².